The van der Waals surface area contributed by atoms with Gasteiger partial charge in [0.25, 0.3) is 0 Å². The van der Waals surface area contributed by atoms with Gasteiger partial charge in [0, 0.05) is 18.7 Å². The molecule has 1 aliphatic carbocycles. The Labute approximate surface area is 136 Å². The first-order valence-corrected chi connectivity index (χ1v) is 9.33. The highest BCUT2D eigenvalue weighted by Crippen LogP contribution is 2.44. The molecule has 2 aliphatic rings. The molecule has 5 heteroatoms. The van der Waals surface area contributed by atoms with Gasteiger partial charge in [-0.2, -0.15) is 4.31 Å². The van der Waals surface area contributed by atoms with Crippen LogP contribution in [0.25, 0.3) is 5.57 Å². The van der Waals surface area contributed by atoms with E-state index in [1.54, 1.807) is 18.4 Å². The molecule has 2 aromatic rings. The van der Waals surface area contributed by atoms with Crippen molar-refractivity contribution in [2.75, 3.05) is 6.54 Å². The summed E-state index contributed by atoms with van der Waals surface area (Å²) in [6.07, 6.45) is 6.01. The highest BCUT2D eigenvalue weighted by atomic mass is 32.2. The highest BCUT2D eigenvalue weighted by Gasteiger charge is 2.34. The second kappa shape index (κ2) is 5.35. The number of fused-ring (bicyclic) bond motifs is 1. The van der Waals surface area contributed by atoms with Crippen molar-refractivity contribution < 1.29 is 12.8 Å². The smallest absolute Gasteiger partial charge is 0.243 e. The second-order valence-electron chi connectivity index (χ2n) is 6.32. The van der Waals surface area contributed by atoms with Gasteiger partial charge >= 0.3 is 0 Å². The molecule has 0 saturated heterocycles. The van der Waals surface area contributed by atoms with Gasteiger partial charge in [-0.05, 0) is 49.5 Å². The molecule has 0 unspecified atom stereocenters. The van der Waals surface area contributed by atoms with Crippen LogP contribution < -0.4 is 0 Å². The average molecular weight is 329 g/mol. The average Bonchev–Trinajstić information content (AvgIpc) is 3.29. The van der Waals surface area contributed by atoms with Crippen LogP contribution in [0, 0.1) is 12.8 Å². The number of aryl methyl sites for hydroxylation is 1. The first-order valence-electron chi connectivity index (χ1n) is 7.89. The predicted molar refractivity (Wildman–Crippen MR) is 88.2 cm³/mol. The molecule has 1 saturated carbocycles. The summed E-state index contributed by atoms with van der Waals surface area (Å²) in [6.45, 7) is 2.70. The van der Waals surface area contributed by atoms with Crippen molar-refractivity contribution in [2.45, 2.75) is 31.2 Å². The van der Waals surface area contributed by atoms with Crippen LogP contribution in [0.15, 0.2) is 52.0 Å². The summed E-state index contributed by atoms with van der Waals surface area (Å²) in [5.41, 5.74) is 3.18. The Bertz CT molecular complexity index is 858. The number of sulfonamides is 1. The van der Waals surface area contributed by atoms with E-state index in [0.717, 1.165) is 29.7 Å². The highest BCUT2D eigenvalue weighted by molar-refractivity contribution is 7.89. The fourth-order valence-electron chi connectivity index (χ4n) is 3.05. The summed E-state index contributed by atoms with van der Waals surface area (Å²) >= 11 is 0. The maximum absolute atomic E-state index is 12.9. The normalized spacial score (nSPS) is 19.1. The molecule has 4 rings (SSSR count). The minimum atomic E-state index is -3.50. The van der Waals surface area contributed by atoms with E-state index >= 15 is 0 Å². The summed E-state index contributed by atoms with van der Waals surface area (Å²) in [5, 5.41) is 0. The molecule has 120 valence electrons. The molecule has 0 spiro atoms. The van der Waals surface area contributed by atoms with E-state index in [9.17, 15) is 8.42 Å². The largest absolute Gasteiger partial charge is 0.464 e. The van der Waals surface area contributed by atoms with E-state index in [1.165, 1.54) is 9.88 Å². The van der Waals surface area contributed by atoms with E-state index in [4.69, 9.17) is 4.42 Å². The molecule has 0 bridgehead atoms. The molecule has 0 radical (unpaired) electrons. The molecule has 0 amide bonds. The van der Waals surface area contributed by atoms with E-state index in [2.05, 4.69) is 0 Å². The SMILES string of the molecule is Cc1ccc(S(=O)(=O)N2CC=C(C3CC3)c3occc3C2)cc1. The van der Waals surface area contributed by atoms with Gasteiger partial charge in [-0.1, -0.05) is 23.8 Å². The lowest BCUT2D eigenvalue weighted by Gasteiger charge is -2.19. The van der Waals surface area contributed by atoms with E-state index in [0.29, 0.717) is 23.9 Å². The molecule has 4 nitrogen and oxygen atoms in total. The fraction of sp³-hybridized carbons (Fsp3) is 0.333. The van der Waals surface area contributed by atoms with Crippen LogP contribution in [0.5, 0.6) is 0 Å². The van der Waals surface area contributed by atoms with Crippen LogP contribution in [0.2, 0.25) is 0 Å². The van der Waals surface area contributed by atoms with E-state index < -0.39 is 10.0 Å². The van der Waals surface area contributed by atoms with Crippen molar-refractivity contribution in [1.82, 2.24) is 4.31 Å². The Morgan fingerprint density at radius 3 is 2.57 bits per heavy atom. The Kier molecular flexibility index (Phi) is 3.43. The molecule has 1 aromatic heterocycles. The number of nitrogens with zero attached hydrogens (tertiary/aromatic N) is 1. The zero-order valence-electron chi connectivity index (χ0n) is 13.0. The van der Waals surface area contributed by atoms with Crippen molar-refractivity contribution in [2.24, 2.45) is 5.92 Å². The summed E-state index contributed by atoms with van der Waals surface area (Å²) in [4.78, 5) is 0.344. The third kappa shape index (κ3) is 2.64. The van der Waals surface area contributed by atoms with Crippen LogP contribution >= 0.6 is 0 Å². The lowest BCUT2D eigenvalue weighted by Crippen LogP contribution is -2.30. The molecule has 0 atom stereocenters. The van der Waals surface area contributed by atoms with Crippen molar-refractivity contribution in [1.29, 1.82) is 0 Å². The number of rotatable bonds is 3. The second-order valence-corrected chi connectivity index (χ2v) is 8.26. The van der Waals surface area contributed by atoms with Crippen LogP contribution in [0.1, 0.15) is 29.7 Å². The molecule has 1 fully saturated rings. The van der Waals surface area contributed by atoms with Crippen LogP contribution in [-0.2, 0) is 16.6 Å². The quantitative estimate of drug-likeness (QED) is 0.865. The predicted octanol–water partition coefficient (Wildman–Crippen LogP) is 3.59. The molecule has 1 aliphatic heterocycles. The van der Waals surface area contributed by atoms with Gasteiger partial charge in [0.1, 0.15) is 5.76 Å². The number of benzene rings is 1. The Morgan fingerprint density at radius 2 is 1.87 bits per heavy atom. The Hall–Kier alpha value is -1.85. The minimum absolute atomic E-state index is 0.344. The minimum Gasteiger partial charge on any atom is -0.464 e. The third-order valence-corrected chi connectivity index (χ3v) is 6.37. The monoisotopic (exact) mass is 329 g/mol. The van der Waals surface area contributed by atoms with Crippen molar-refractivity contribution in [3.05, 3.63) is 59.6 Å². The van der Waals surface area contributed by atoms with E-state index in [1.807, 2.05) is 31.2 Å². The number of allylic oxidation sites excluding steroid dienone is 1. The van der Waals surface area contributed by atoms with Gasteiger partial charge in [-0.15, -0.1) is 0 Å². The maximum atomic E-state index is 12.9. The van der Waals surface area contributed by atoms with Gasteiger partial charge in [0.05, 0.1) is 11.2 Å². The summed E-state index contributed by atoms with van der Waals surface area (Å²) < 4.78 is 33.1. The number of furan rings is 1. The maximum Gasteiger partial charge on any atom is 0.243 e. The fourth-order valence-corrected chi connectivity index (χ4v) is 4.41. The summed E-state index contributed by atoms with van der Waals surface area (Å²) in [7, 11) is -3.50. The zero-order chi connectivity index (χ0) is 16.0. The van der Waals surface area contributed by atoms with Gasteiger partial charge in [-0.3, -0.25) is 0 Å². The Balaban J connectivity index is 1.72. The van der Waals surface area contributed by atoms with Crippen LogP contribution in [-0.4, -0.2) is 19.3 Å². The molecular formula is C18H19NO3S. The molecular weight excluding hydrogens is 310 g/mol. The number of hydrogen-bond acceptors (Lipinski definition) is 3. The van der Waals surface area contributed by atoms with Gasteiger partial charge in [0.2, 0.25) is 10.0 Å². The van der Waals surface area contributed by atoms with Crippen molar-refractivity contribution in [3.63, 3.8) is 0 Å². The molecule has 23 heavy (non-hydrogen) atoms. The third-order valence-electron chi connectivity index (χ3n) is 4.55. The summed E-state index contributed by atoms with van der Waals surface area (Å²) in [5.74, 6) is 1.40. The standard InChI is InChI=1S/C18H19NO3S/c1-13-2-6-16(7-3-13)23(20,21)19-10-8-17(14-4-5-14)18-15(12-19)9-11-22-18/h2-3,6-9,11,14H,4-5,10,12H2,1H3. The molecule has 1 aromatic carbocycles. The Morgan fingerprint density at radius 1 is 1.13 bits per heavy atom. The van der Waals surface area contributed by atoms with E-state index in [-0.39, 0.29) is 0 Å². The first-order chi connectivity index (χ1) is 11.1. The topological polar surface area (TPSA) is 50.5 Å². The van der Waals surface area contributed by atoms with Gasteiger partial charge in [-0.25, -0.2) is 8.42 Å². The van der Waals surface area contributed by atoms with Crippen LogP contribution in [0.4, 0.5) is 0 Å². The van der Waals surface area contributed by atoms with Crippen LogP contribution in [0.3, 0.4) is 0 Å². The molecule has 0 N–H and O–H groups in total. The van der Waals surface area contributed by atoms with Gasteiger partial charge < -0.3 is 4.42 Å². The zero-order valence-corrected chi connectivity index (χ0v) is 13.8. The van der Waals surface area contributed by atoms with Gasteiger partial charge in [0.15, 0.2) is 0 Å². The van der Waals surface area contributed by atoms with Crippen molar-refractivity contribution >= 4 is 15.6 Å². The first kappa shape index (κ1) is 14.7. The lowest BCUT2D eigenvalue weighted by atomic mass is 10.1. The van der Waals surface area contributed by atoms with Crippen molar-refractivity contribution in [3.8, 4) is 0 Å². The molecule has 2 heterocycles. The number of hydrogen-bond donors (Lipinski definition) is 0. The lowest BCUT2D eigenvalue weighted by molar-refractivity contribution is 0.438. The summed E-state index contributed by atoms with van der Waals surface area (Å²) in [6, 6.07) is 8.90.